The van der Waals surface area contributed by atoms with Crippen molar-refractivity contribution in [1.82, 2.24) is 19.3 Å². The second-order valence-electron chi connectivity index (χ2n) is 8.79. The molecule has 178 valence electrons. The smallest absolute Gasteiger partial charge is 0.246 e. The Bertz CT molecular complexity index is 1380. The van der Waals surface area contributed by atoms with E-state index in [1.165, 1.54) is 12.1 Å². The number of ether oxygens (including phenoxy) is 1. The fraction of sp³-hybridized carbons (Fsp3) is 0.250. The minimum atomic E-state index is -0.243. The van der Waals surface area contributed by atoms with Crippen LogP contribution < -0.4 is 4.74 Å². The van der Waals surface area contributed by atoms with Gasteiger partial charge in [0.25, 0.3) is 0 Å². The Hall–Kier alpha value is -4.00. The Labute approximate surface area is 203 Å². The maximum Gasteiger partial charge on any atom is 0.246 e. The lowest BCUT2D eigenvalue weighted by Gasteiger charge is -2.34. The molecule has 2 aromatic carbocycles. The van der Waals surface area contributed by atoms with Crippen molar-refractivity contribution in [2.75, 3.05) is 6.54 Å². The first-order valence-corrected chi connectivity index (χ1v) is 11.8. The van der Waals surface area contributed by atoms with Crippen LogP contribution in [0.15, 0.2) is 73.7 Å². The summed E-state index contributed by atoms with van der Waals surface area (Å²) in [7, 11) is 0. The molecule has 1 amide bonds. The van der Waals surface area contributed by atoms with Gasteiger partial charge in [-0.3, -0.25) is 14.2 Å². The van der Waals surface area contributed by atoms with Crippen LogP contribution in [-0.2, 0) is 11.4 Å². The Morgan fingerprint density at radius 2 is 2.06 bits per heavy atom. The number of carbonyl (C=O) groups is 1. The van der Waals surface area contributed by atoms with Crippen LogP contribution in [0.2, 0.25) is 0 Å². The summed E-state index contributed by atoms with van der Waals surface area (Å²) in [5, 5.41) is 0. The lowest BCUT2D eigenvalue weighted by molar-refractivity contribution is -0.129. The van der Waals surface area contributed by atoms with Crippen molar-refractivity contribution < 1.29 is 13.9 Å². The molecule has 0 aliphatic carbocycles. The SMILES string of the molecule is C=CC(=O)N1CCCC[C@H]1c1nc(-c2ccc(COc3ccc(F)c(C)c3)cc2)c2cnccn12. The summed E-state index contributed by atoms with van der Waals surface area (Å²) in [6.07, 6.45) is 9.71. The standard InChI is InChI=1S/C28H27FN4O2/c1-3-26(34)32-14-5-4-6-24(32)28-31-27(25-17-30-13-15-33(25)28)21-9-7-20(8-10-21)18-35-22-11-12-23(29)19(2)16-22/h3,7-13,15-17,24H,1,4-6,14,18H2,2H3/t24-/m0/s1. The van der Waals surface area contributed by atoms with Crippen LogP contribution in [0.3, 0.4) is 0 Å². The molecule has 1 saturated heterocycles. The number of fused-ring (bicyclic) bond motifs is 1. The number of piperidine rings is 1. The largest absolute Gasteiger partial charge is 0.489 e. The van der Waals surface area contributed by atoms with Gasteiger partial charge >= 0.3 is 0 Å². The zero-order chi connectivity index (χ0) is 24.4. The van der Waals surface area contributed by atoms with Gasteiger partial charge in [-0.2, -0.15) is 0 Å². The summed E-state index contributed by atoms with van der Waals surface area (Å²) in [5.41, 5.74) is 4.23. The number of aryl methyl sites for hydroxylation is 1. The molecule has 6 nitrogen and oxygen atoms in total. The summed E-state index contributed by atoms with van der Waals surface area (Å²) in [4.78, 5) is 23.7. The number of rotatable bonds is 6. The second-order valence-corrected chi connectivity index (χ2v) is 8.79. The number of halogens is 1. The Morgan fingerprint density at radius 3 is 2.83 bits per heavy atom. The number of hydrogen-bond donors (Lipinski definition) is 0. The van der Waals surface area contributed by atoms with Crippen LogP contribution in [0.4, 0.5) is 4.39 Å². The van der Waals surface area contributed by atoms with E-state index in [0.717, 1.165) is 47.4 Å². The van der Waals surface area contributed by atoms with Gasteiger partial charge in [0.2, 0.25) is 5.91 Å². The van der Waals surface area contributed by atoms with Crippen molar-refractivity contribution in [3.8, 4) is 17.0 Å². The highest BCUT2D eigenvalue weighted by molar-refractivity contribution is 5.87. The van der Waals surface area contributed by atoms with E-state index in [2.05, 4.69) is 11.6 Å². The van der Waals surface area contributed by atoms with Crippen molar-refractivity contribution in [3.63, 3.8) is 0 Å². The molecule has 1 fully saturated rings. The number of likely N-dealkylation sites (tertiary alicyclic amines) is 1. The Morgan fingerprint density at radius 1 is 1.23 bits per heavy atom. The molecule has 5 rings (SSSR count). The molecule has 0 N–H and O–H groups in total. The van der Waals surface area contributed by atoms with E-state index in [1.807, 2.05) is 46.0 Å². The molecule has 3 heterocycles. The van der Waals surface area contributed by atoms with Gasteiger partial charge in [-0.05, 0) is 61.6 Å². The number of amides is 1. The van der Waals surface area contributed by atoms with E-state index in [-0.39, 0.29) is 17.8 Å². The highest BCUT2D eigenvalue weighted by Crippen LogP contribution is 2.34. The summed E-state index contributed by atoms with van der Waals surface area (Å²) < 4.78 is 21.4. The van der Waals surface area contributed by atoms with Gasteiger partial charge in [0.1, 0.15) is 24.0 Å². The van der Waals surface area contributed by atoms with E-state index in [1.54, 1.807) is 25.3 Å². The lowest BCUT2D eigenvalue weighted by atomic mass is 10.0. The van der Waals surface area contributed by atoms with E-state index >= 15 is 0 Å². The van der Waals surface area contributed by atoms with Crippen LogP contribution in [0.25, 0.3) is 16.8 Å². The average Bonchev–Trinajstić information content (AvgIpc) is 3.29. The van der Waals surface area contributed by atoms with Crippen LogP contribution in [0, 0.1) is 12.7 Å². The monoisotopic (exact) mass is 470 g/mol. The molecule has 0 unspecified atom stereocenters. The number of aromatic nitrogens is 3. The number of benzene rings is 2. The first kappa shape index (κ1) is 22.8. The molecule has 7 heteroatoms. The third-order valence-corrected chi connectivity index (χ3v) is 6.49. The summed E-state index contributed by atoms with van der Waals surface area (Å²) in [6.45, 7) is 6.47. The topological polar surface area (TPSA) is 59.7 Å². The van der Waals surface area contributed by atoms with Crippen molar-refractivity contribution in [2.24, 2.45) is 0 Å². The lowest BCUT2D eigenvalue weighted by Crippen LogP contribution is -2.38. The first-order chi connectivity index (χ1) is 17.0. The van der Waals surface area contributed by atoms with Crippen LogP contribution in [0.5, 0.6) is 5.75 Å². The van der Waals surface area contributed by atoms with Gasteiger partial charge in [0.05, 0.1) is 23.4 Å². The van der Waals surface area contributed by atoms with E-state index in [9.17, 15) is 9.18 Å². The maximum absolute atomic E-state index is 13.5. The van der Waals surface area contributed by atoms with Gasteiger partial charge in [-0.15, -0.1) is 0 Å². The van der Waals surface area contributed by atoms with Crippen LogP contribution >= 0.6 is 0 Å². The third-order valence-electron chi connectivity index (χ3n) is 6.49. The zero-order valence-corrected chi connectivity index (χ0v) is 19.7. The summed E-state index contributed by atoms with van der Waals surface area (Å²) in [5.74, 6) is 1.16. The Kier molecular flexibility index (Phi) is 6.31. The quantitative estimate of drug-likeness (QED) is 0.341. The molecule has 0 radical (unpaired) electrons. The number of nitrogens with zero attached hydrogens (tertiary/aromatic N) is 4. The van der Waals surface area contributed by atoms with Crippen molar-refractivity contribution in [1.29, 1.82) is 0 Å². The minimum absolute atomic E-state index is 0.0669. The number of hydrogen-bond acceptors (Lipinski definition) is 4. The van der Waals surface area contributed by atoms with Crippen molar-refractivity contribution in [2.45, 2.75) is 38.8 Å². The molecule has 0 spiro atoms. The third kappa shape index (κ3) is 4.54. The van der Waals surface area contributed by atoms with E-state index in [4.69, 9.17) is 9.72 Å². The fourth-order valence-electron chi connectivity index (χ4n) is 4.62. The van der Waals surface area contributed by atoms with Gasteiger partial charge in [-0.1, -0.05) is 30.8 Å². The predicted molar refractivity (Wildman–Crippen MR) is 132 cm³/mol. The van der Waals surface area contributed by atoms with Crippen molar-refractivity contribution >= 4 is 11.4 Å². The average molecular weight is 471 g/mol. The zero-order valence-electron chi connectivity index (χ0n) is 19.7. The van der Waals surface area contributed by atoms with Crippen LogP contribution in [0.1, 0.15) is 42.3 Å². The van der Waals surface area contributed by atoms with Crippen molar-refractivity contribution in [3.05, 3.63) is 96.5 Å². The predicted octanol–water partition coefficient (Wildman–Crippen LogP) is 5.66. The minimum Gasteiger partial charge on any atom is -0.489 e. The van der Waals surface area contributed by atoms with Gasteiger partial charge in [0, 0.05) is 24.5 Å². The molecule has 1 aliphatic rings. The summed E-state index contributed by atoms with van der Waals surface area (Å²) in [6, 6.07) is 12.7. The molecule has 35 heavy (non-hydrogen) atoms. The second kappa shape index (κ2) is 9.70. The van der Waals surface area contributed by atoms with Gasteiger partial charge in [-0.25, -0.2) is 9.37 Å². The normalized spacial score (nSPS) is 15.8. The highest BCUT2D eigenvalue weighted by Gasteiger charge is 2.30. The maximum atomic E-state index is 13.5. The highest BCUT2D eigenvalue weighted by atomic mass is 19.1. The molecular formula is C28H27FN4O2. The molecule has 0 saturated carbocycles. The molecule has 4 aromatic rings. The molecule has 1 atom stereocenters. The summed E-state index contributed by atoms with van der Waals surface area (Å²) >= 11 is 0. The van der Waals surface area contributed by atoms with E-state index in [0.29, 0.717) is 24.5 Å². The molecule has 2 aromatic heterocycles. The van der Waals surface area contributed by atoms with Gasteiger partial charge < -0.3 is 9.64 Å². The number of carbonyl (C=O) groups excluding carboxylic acids is 1. The first-order valence-electron chi connectivity index (χ1n) is 11.8. The van der Waals surface area contributed by atoms with E-state index < -0.39 is 0 Å². The number of imidazole rings is 1. The molecular weight excluding hydrogens is 443 g/mol. The molecule has 1 aliphatic heterocycles. The van der Waals surface area contributed by atoms with Gasteiger partial charge in [0.15, 0.2) is 0 Å². The fourth-order valence-corrected chi connectivity index (χ4v) is 4.62. The Balaban J connectivity index is 1.42. The molecule has 0 bridgehead atoms. The van der Waals surface area contributed by atoms with Crippen LogP contribution in [-0.4, -0.2) is 31.7 Å².